The maximum absolute atomic E-state index is 12.6. The van der Waals surface area contributed by atoms with Crippen molar-refractivity contribution in [2.45, 2.75) is 31.2 Å². The van der Waals surface area contributed by atoms with E-state index in [0.29, 0.717) is 23.4 Å². The molecule has 3 nitrogen and oxygen atoms in total. The fourth-order valence-electron chi connectivity index (χ4n) is 2.93. The first kappa shape index (κ1) is 15.3. The number of halogens is 2. The predicted octanol–water partition coefficient (Wildman–Crippen LogP) is 3.38. The zero-order valence-corrected chi connectivity index (χ0v) is 12.9. The minimum Gasteiger partial charge on any atom is -0.328 e. The number of hydrogen-bond acceptors (Lipinski definition) is 2. The molecule has 0 radical (unpaired) electrons. The quantitative estimate of drug-likeness (QED) is 0.802. The van der Waals surface area contributed by atoms with E-state index in [1.807, 2.05) is 18.2 Å². The van der Waals surface area contributed by atoms with Gasteiger partial charge in [-0.1, -0.05) is 29.8 Å². The molecule has 1 aliphatic rings. The van der Waals surface area contributed by atoms with Gasteiger partial charge in [-0.3, -0.25) is 9.59 Å². The predicted molar refractivity (Wildman–Crippen MR) is 80.1 cm³/mol. The largest absolute Gasteiger partial charge is 0.328 e. The number of hydrogen-bond donors (Lipinski definition) is 0. The highest BCUT2D eigenvalue weighted by molar-refractivity contribution is 6.32. The number of ketones is 1. The van der Waals surface area contributed by atoms with E-state index in [9.17, 15) is 9.59 Å². The summed E-state index contributed by atoms with van der Waals surface area (Å²) in [7, 11) is 1.64. The normalized spacial score (nSPS) is 22.6. The maximum Gasteiger partial charge on any atom is 0.238 e. The van der Waals surface area contributed by atoms with Crippen LogP contribution in [0.1, 0.15) is 31.2 Å². The Morgan fingerprint density at radius 2 is 2.05 bits per heavy atom. The van der Waals surface area contributed by atoms with Crippen molar-refractivity contribution in [2.75, 3.05) is 12.9 Å². The lowest BCUT2D eigenvalue weighted by molar-refractivity contribution is -0.146. The minimum atomic E-state index is -0.970. The molecule has 1 amide bonds. The number of alkyl halides is 1. The molecule has 1 aromatic rings. The minimum absolute atomic E-state index is 0.0396. The molecule has 0 aliphatic heterocycles. The van der Waals surface area contributed by atoms with Gasteiger partial charge in [-0.25, -0.2) is 0 Å². The number of carbonyl (C=O) groups excluding carboxylic acids is 2. The van der Waals surface area contributed by atoms with Crippen LogP contribution in [0.2, 0.25) is 5.02 Å². The van der Waals surface area contributed by atoms with Crippen molar-refractivity contribution in [2.24, 2.45) is 0 Å². The molecule has 0 spiro atoms. The first-order valence-corrected chi connectivity index (χ1v) is 7.56. The van der Waals surface area contributed by atoms with Crippen molar-refractivity contribution >= 4 is 34.9 Å². The number of nitrogens with zero attached hydrogens (tertiary/aromatic N) is 1. The summed E-state index contributed by atoms with van der Waals surface area (Å²) in [5, 5.41) is 0.511. The summed E-state index contributed by atoms with van der Waals surface area (Å²) in [5.74, 6) is -0.365. The third-order valence-electron chi connectivity index (χ3n) is 4.03. The summed E-state index contributed by atoms with van der Waals surface area (Å²) in [6.07, 6.45) is 2.80. The van der Waals surface area contributed by atoms with Gasteiger partial charge in [0.2, 0.25) is 5.91 Å². The van der Waals surface area contributed by atoms with Crippen molar-refractivity contribution < 1.29 is 9.59 Å². The van der Waals surface area contributed by atoms with Gasteiger partial charge in [0, 0.05) is 24.1 Å². The number of Topliss-reactive ketones (excluding diaryl/α,β-unsaturated/α-hetero) is 1. The molecule has 2 rings (SSSR count). The molecule has 1 fully saturated rings. The molecule has 1 saturated carbocycles. The first-order valence-electron chi connectivity index (χ1n) is 6.65. The molecule has 0 heterocycles. The summed E-state index contributed by atoms with van der Waals surface area (Å²) >= 11 is 11.9. The zero-order valence-electron chi connectivity index (χ0n) is 11.4. The Bertz CT molecular complexity index is 532. The molecule has 108 valence electrons. The van der Waals surface area contributed by atoms with Crippen LogP contribution < -0.4 is 0 Å². The van der Waals surface area contributed by atoms with Crippen LogP contribution in [0.15, 0.2) is 24.3 Å². The van der Waals surface area contributed by atoms with Crippen LogP contribution in [0.4, 0.5) is 0 Å². The van der Waals surface area contributed by atoms with E-state index >= 15 is 0 Å². The molecule has 0 N–H and O–H groups in total. The number of benzene rings is 1. The monoisotopic (exact) mass is 313 g/mol. The second kappa shape index (κ2) is 6.15. The topological polar surface area (TPSA) is 37.4 Å². The molecule has 20 heavy (non-hydrogen) atoms. The van der Waals surface area contributed by atoms with Crippen molar-refractivity contribution in [1.29, 1.82) is 0 Å². The molecule has 1 aliphatic carbocycles. The lowest BCUT2D eigenvalue weighted by Gasteiger charge is -2.43. The van der Waals surface area contributed by atoms with Gasteiger partial charge in [0.15, 0.2) is 5.78 Å². The fourth-order valence-corrected chi connectivity index (χ4v) is 3.40. The lowest BCUT2D eigenvalue weighted by atomic mass is 9.74. The summed E-state index contributed by atoms with van der Waals surface area (Å²) in [4.78, 5) is 26.2. The average molecular weight is 314 g/mol. The number of rotatable bonds is 3. The molecule has 1 aromatic carbocycles. The van der Waals surface area contributed by atoms with Gasteiger partial charge in [-0.2, -0.15) is 0 Å². The van der Waals surface area contributed by atoms with E-state index in [1.54, 1.807) is 13.1 Å². The zero-order chi connectivity index (χ0) is 14.8. The SMILES string of the molecule is CN(C(=O)CCl)C1(c2ccccc2Cl)CCCCC1=O. The Labute approximate surface area is 128 Å². The van der Waals surface area contributed by atoms with Crippen LogP contribution in [0.25, 0.3) is 0 Å². The van der Waals surface area contributed by atoms with E-state index < -0.39 is 5.54 Å². The van der Waals surface area contributed by atoms with Crippen LogP contribution in [-0.2, 0) is 15.1 Å². The molecule has 0 aromatic heterocycles. The summed E-state index contributed by atoms with van der Waals surface area (Å²) < 4.78 is 0. The number of carbonyl (C=O) groups is 2. The Kier molecular flexibility index (Phi) is 4.71. The molecule has 0 saturated heterocycles. The molecule has 1 unspecified atom stereocenters. The molecular formula is C15H17Cl2NO2. The average Bonchev–Trinajstić information content (AvgIpc) is 2.47. The van der Waals surface area contributed by atoms with Gasteiger partial charge < -0.3 is 4.90 Å². The summed E-state index contributed by atoms with van der Waals surface area (Å²) in [6.45, 7) is 0. The van der Waals surface area contributed by atoms with E-state index in [-0.39, 0.29) is 17.6 Å². The van der Waals surface area contributed by atoms with E-state index in [2.05, 4.69) is 0 Å². The Morgan fingerprint density at radius 1 is 1.35 bits per heavy atom. The Balaban J connectivity index is 2.58. The van der Waals surface area contributed by atoms with Crippen LogP contribution in [0.3, 0.4) is 0 Å². The fraction of sp³-hybridized carbons (Fsp3) is 0.467. The lowest BCUT2D eigenvalue weighted by Crippen LogP contribution is -2.54. The van der Waals surface area contributed by atoms with Crippen LogP contribution in [0.5, 0.6) is 0 Å². The van der Waals surface area contributed by atoms with Crippen molar-refractivity contribution in [3.8, 4) is 0 Å². The number of likely N-dealkylation sites (N-methyl/N-ethyl adjacent to an activating group) is 1. The van der Waals surface area contributed by atoms with Crippen LogP contribution in [0, 0.1) is 0 Å². The van der Waals surface area contributed by atoms with Gasteiger partial charge in [-0.05, 0) is 25.3 Å². The smallest absolute Gasteiger partial charge is 0.238 e. The van der Waals surface area contributed by atoms with E-state index in [0.717, 1.165) is 12.8 Å². The summed E-state index contributed by atoms with van der Waals surface area (Å²) in [6, 6.07) is 7.23. The highest BCUT2D eigenvalue weighted by Gasteiger charge is 2.47. The van der Waals surface area contributed by atoms with E-state index in [4.69, 9.17) is 23.2 Å². The number of amides is 1. The van der Waals surface area contributed by atoms with Gasteiger partial charge in [-0.15, -0.1) is 11.6 Å². The third kappa shape index (κ3) is 2.45. The molecule has 5 heteroatoms. The van der Waals surface area contributed by atoms with Gasteiger partial charge in [0.25, 0.3) is 0 Å². The first-order chi connectivity index (χ1) is 9.54. The highest BCUT2D eigenvalue weighted by Crippen LogP contribution is 2.42. The van der Waals surface area contributed by atoms with Crippen LogP contribution >= 0.6 is 23.2 Å². The molecule has 0 bridgehead atoms. The second-order valence-electron chi connectivity index (χ2n) is 5.06. The van der Waals surface area contributed by atoms with E-state index in [1.165, 1.54) is 4.90 Å². The highest BCUT2D eigenvalue weighted by atomic mass is 35.5. The molecular weight excluding hydrogens is 297 g/mol. The van der Waals surface area contributed by atoms with Gasteiger partial charge in [0.1, 0.15) is 11.4 Å². The van der Waals surface area contributed by atoms with Crippen molar-refractivity contribution in [1.82, 2.24) is 4.90 Å². The van der Waals surface area contributed by atoms with Crippen LogP contribution in [-0.4, -0.2) is 29.5 Å². The Morgan fingerprint density at radius 3 is 2.65 bits per heavy atom. The standard InChI is InChI=1S/C15H17Cl2NO2/c1-18(14(20)10-16)15(9-5-4-8-13(15)19)11-6-2-3-7-12(11)17/h2-3,6-7H,4-5,8-10H2,1H3. The second-order valence-corrected chi connectivity index (χ2v) is 5.73. The van der Waals surface area contributed by atoms with Gasteiger partial charge >= 0.3 is 0 Å². The maximum atomic E-state index is 12.6. The summed E-state index contributed by atoms with van der Waals surface area (Å²) in [5.41, 5.74) is -0.268. The third-order valence-corrected chi connectivity index (χ3v) is 4.59. The van der Waals surface area contributed by atoms with Crippen molar-refractivity contribution in [3.05, 3.63) is 34.9 Å². The van der Waals surface area contributed by atoms with Crippen molar-refractivity contribution in [3.63, 3.8) is 0 Å². The van der Waals surface area contributed by atoms with Gasteiger partial charge in [0.05, 0.1) is 0 Å². The molecule has 1 atom stereocenters. The Hall–Kier alpha value is -1.06.